The Morgan fingerprint density at radius 2 is 2.21 bits per heavy atom. The van der Waals surface area contributed by atoms with E-state index in [9.17, 15) is 10.2 Å². The molecule has 1 spiro atoms. The third kappa shape index (κ3) is 1.37. The second-order valence-electron chi connectivity index (χ2n) is 7.98. The van der Waals surface area contributed by atoms with Crippen LogP contribution in [-0.4, -0.2) is 45.4 Å². The summed E-state index contributed by atoms with van der Waals surface area (Å²) in [6, 6.07) is 3.56. The first-order valence-corrected chi connectivity index (χ1v) is 8.82. The Bertz CT molecular complexity index is 763. The second kappa shape index (κ2) is 4.27. The lowest BCUT2D eigenvalue weighted by molar-refractivity contribution is -0.182. The molecule has 0 aromatic heterocycles. The molecule has 1 aromatic rings. The van der Waals surface area contributed by atoms with Crippen LogP contribution in [-0.2, 0) is 11.8 Å². The van der Waals surface area contributed by atoms with E-state index in [4.69, 9.17) is 10.5 Å². The Labute approximate surface area is 141 Å². The zero-order valence-corrected chi connectivity index (χ0v) is 14.0. The van der Waals surface area contributed by atoms with E-state index in [1.165, 1.54) is 5.56 Å². The van der Waals surface area contributed by atoms with Gasteiger partial charge in [0.25, 0.3) is 0 Å². The van der Waals surface area contributed by atoms with Gasteiger partial charge in [-0.15, -0.1) is 0 Å². The van der Waals surface area contributed by atoms with Gasteiger partial charge in [-0.05, 0) is 44.2 Å². The van der Waals surface area contributed by atoms with Gasteiger partial charge in [-0.2, -0.15) is 0 Å². The Kier molecular flexibility index (Phi) is 2.60. The minimum Gasteiger partial charge on any atom is -0.504 e. The van der Waals surface area contributed by atoms with E-state index in [1.807, 2.05) is 13.0 Å². The van der Waals surface area contributed by atoms with Crippen molar-refractivity contribution < 1.29 is 14.9 Å². The SMILES string of the molecule is C=C(C)N1CCC23c4c5ccc(O)c4OC2C(N)CCC3(O)C1C5. The normalized spacial score (nSPS) is 41.6. The molecule has 1 aromatic carbocycles. The van der Waals surface area contributed by atoms with E-state index in [2.05, 4.69) is 11.5 Å². The van der Waals surface area contributed by atoms with Crippen molar-refractivity contribution in [2.24, 2.45) is 5.73 Å². The number of ether oxygens (including phenoxy) is 1. The molecule has 5 atom stereocenters. The average molecular weight is 328 g/mol. The van der Waals surface area contributed by atoms with Crippen molar-refractivity contribution in [1.82, 2.24) is 4.90 Å². The molecule has 2 aliphatic carbocycles. The molecular weight excluding hydrogens is 304 g/mol. The zero-order valence-electron chi connectivity index (χ0n) is 14.0. The van der Waals surface area contributed by atoms with Crippen LogP contribution in [0.2, 0.25) is 0 Å². The van der Waals surface area contributed by atoms with Gasteiger partial charge in [-0.25, -0.2) is 0 Å². The van der Waals surface area contributed by atoms with E-state index in [-0.39, 0.29) is 23.9 Å². The molecule has 5 nitrogen and oxygen atoms in total. The van der Waals surface area contributed by atoms with Gasteiger partial charge in [-0.1, -0.05) is 12.6 Å². The quantitative estimate of drug-likeness (QED) is 0.726. The fourth-order valence-corrected chi connectivity index (χ4v) is 6.04. The molecule has 1 saturated carbocycles. The molecule has 4 aliphatic rings. The monoisotopic (exact) mass is 328 g/mol. The van der Waals surface area contributed by atoms with Crippen molar-refractivity contribution >= 4 is 0 Å². The molecule has 4 N–H and O–H groups in total. The molecule has 2 aliphatic heterocycles. The first kappa shape index (κ1) is 14.6. The van der Waals surface area contributed by atoms with Gasteiger partial charge >= 0.3 is 0 Å². The molecule has 5 heteroatoms. The summed E-state index contributed by atoms with van der Waals surface area (Å²) < 4.78 is 6.21. The van der Waals surface area contributed by atoms with E-state index in [1.54, 1.807) is 6.07 Å². The maximum absolute atomic E-state index is 11.9. The van der Waals surface area contributed by atoms with E-state index >= 15 is 0 Å². The Morgan fingerprint density at radius 1 is 1.42 bits per heavy atom. The summed E-state index contributed by atoms with van der Waals surface area (Å²) in [5.74, 6) is 0.711. The fraction of sp³-hybridized carbons (Fsp3) is 0.579. The molecule has 2 heterocycles. The van der Waals surface area contributed by atoms with Crippen LogP contribution in [0.25, 0.3) is 0 Å². The topological polar surface area (TPSA) is 79.0 Å². The summed E-state index contributed by atoms with van der Waals surface area (Å²) in [4.78, 5) is 2.26. The van der Waals surface area contributed by atoms with Gasteiger partial charge in [-0.3, -0.25) is 0 Å². The summed E-state index contributed by atoms with van der Waals surface area (Å²) in [5.41, 5.74) is 8.20. The Morgan fingerprint density at radius 3 is 2.96 bits per heavy atom. The maximum atomic E-state index is 11.9. The maximum Gasteiger partial charge on any atom is 0.165 e. The number of benzene rings is 1. The lowest BCUT2D eigenvalue weighted by Gasteiger charge is -2.64. The highest BCUT2D eigenvalue weighted by atomic mass is 16.5. The molecule has 128 valence electrons. The third-order valence-corrected chi connectivity index (χ3v) is 7.00. The Hall–Kier alpha value is -1.72. The number of nitrogens with two attached hydrogens (primary N) is 1. The fourth-order valence-electron chi connectivity index (χ4n) is 6.04. The average Bonchev–Trinajstić information content (AvgIpc) is 2.88. The lowest BCUT2D eigenvalue weighted by Crippen LogP contribution is -2.77. The van der Waals surface area contributed by atoms with Crippen molar-refractivity contribution in [3.8, 4) is 11.5 Å². The van der Waals surface area contributed by atoms with Gasteiger partial charge in [0.05, 0.1) is 17.1 Å². The van der Waals surface area contributed by atoms with Gasteiger partial charge < -0.3 is 25.6 Å². The van der Waals surface area contributed by atoms with Gasteiger partial charge in [0.15, 0.2) is 11.5 Å². The second-order valence-corrected chi connectivity index (χ2v) is 7.98. The van der Waals surface area contributed by atoms with Crippen LogP contribution in [0.5, 0.6) is 11.5 Å². The number of nitrogens with zero attached hydrogens (tertiary/aromatic N) is 1. The number of phenolic OH excluding ortho intramolecular Hbond substituents is 1. The minimum absolute atomic E-state index is 0.00894. The number of phenols is 1. The van der Waals surface area contributed by atoms with Crippen LogP contribution in [0.1, 0.15) is 37.3 Å². The number of aliphatic hydroxyl groups is 1. The minimum atomic E-state index is -0.892. The Balaban J connectivity index is 1.81. The first-order chi connectivity index (χ1) is 11.4. The van der Waals surface area contributed by atoms with Gasteiger partial charge in [0.1, 0.15) is 6.10 Å². The number of rotatable bonds is 1. The molecule has 5 rings (SSSR count). The molecule has 0 amide bonds. The number of allylic oxidation sites excluding steroid dienone is 1. The van der Waals surface area contributed by atoms with Crippen molar-refractivity contribution in [3.63, 3.8) is 0 Å². The van der Waals surface area contributed by atoms with Crippen molar-refractivity contribution in [2.45, 2.75) is 61.8 Å². The van der Waals surface area contributed by atoms with Crippen molar-refractivity contribution in [2.75, 3.05) is 6.54 Å². The summed E-state index contributed by atoms with van der Waals surface area (Å²) in [6.07, 6.45) is 2.64. The largest absolute Gasteiger partial charge is 0.504 e. The molecule has 1 saturated heterocycles. The number of aromatic hydroxyl groups is 1. The van der Waals surface area contributed by atoms with Crippen LogP contribution in [0.15, 0.2) is 24.4 Å². The van der Waals surface area contributed by atoms with E-state index in [0.29, 0.717) is 12.2 Å². The molecule has 2 bridgehead atoms. The van der Waals surface area contributed by atoms with Crippen LogP contribution in [0, 0.1) is 0 Å². The summed E-state index contributed by atoms with van der Waals surface area (Å²) >= 11 is 0. The highest BCUT2D eigenvalue weighted by Crippen LogP contribution is 2.65. The molecule has 0 radical (unpaired) electrons. The number of hydrogen-bond acceptors (Lipinski definition) is 5. The summed E-state index contributed by atoms with van der Waals surface area (Å²) in [7, 11) is 0. The standard InChI is InChI=1S/C19H24N2O3/c1-10(2)21-8-7-18-15-11-3-4-13(22)16(15)24-17(18)12(20)5-6-19(18,23)14(21)9-11/h3-4,12,14,17,22-23H,1,5-9,20H2,2H3. The molecule has 2 fully saturated rings. The molecular formula is C19H24N2O3. The van der Waals surface area contributed by atoms with Crippen molar-refractivity contribution in [3.05, 3.63) is 35.5 Å². The van der Waals surface area contributed by atoms with Crippen LogP contribution >= 0.6 is 0 Å². The van der Waals surface area contributed by atoms with Crippen LogP contribution in [0.4, 0.5) is 0 Å². The van der Waals surface area contributed by atoms with Crippen LogP contribution < -0.4 is 10.5 Å². The van der Waals surface area contributed by atoms with Gasteiger partial charge in [0, 0.05) is 23.8 Å². The lowest BCUT2D eigenvalue weighted by atomic mass is 9.48. The number of likely N-dealkylation sites (tertiary alicyclic amines) is 1. The summed E-state index contributed by atoms with van der Waals surface area (Å²) in [6.45, 7) is 6.98. The third-order valence-electron chi connectivity index (χ3n) is 7.00. The zero-order chi connectivity index (χ0) is 16.9. The van der Waals surface area contributed by atoms with E-state index < -0.39 is 11.0 Å². The predicted molar refractivity (Wildman–Crippen MR) is 90.0 cm³/mol. The number of piperidine rings is 1. The first-order valence-electron chi connectivity index (χ1n) is 8.82. The van der Waals surface area contributed by atoms with Crippen molar-refractivity contribution in [1.29, 1.82) is 0 Å². The smallest absolute Gasteiger partial charge is 0.165 e. The van der Waals surface area contributed by atoms with Gasteiger partial charge in [0.2, 0.25) is 0 Å². The van der Waals surface area contributed by atoms with E-state index in [0.717, 1.165) is 37.1 Å². The van der Waals surface area contributed by atoms with Crippen LogP contribution in [0.3, 0.4) is 0 Å². The number of hydrogen-bond donors (Lipinski definition) is 3. The highest BCUT2D eigenvalue weighted by Gasteiger charge is 2.72. The predicted octanol–water partition coefficient (Wildman–Crippen LogP) is 1.41. The highest BCUT2D eigenvalue weighted by molar-refractivity contribution is 5.62. The molecule has 24 heavy (non-hydrogen) atoms. The summed E-state index contributed by atoms with van der Waals surface area (Å²) in [5, 5.41) is 22.3. The molecule has 5 unspecified atom stereocenters.